The number of hydrogen-bond donors (Lipinski definition) is 2. The number of hydrogen-bond acceptors (Lipinski definition) is 5. The van der Waals surface area contributed by atoms with Crippen LogP contribution in [0.15, 0.2) is 54.6 Å². The van der Waals surface area contributed by atoms with Crippen LogP contribution in [0.4, 0.5) is 4.79 Å². The van der Waals surface area contributed by atoms with Gasteiger partial charge in [-0.15, -0.1) is 0 Å². The summed E-state index contributed by atoms with van der Waals surface area (Å²) in [6, 6.07) is 16.1. The minimum absolute atomic E-state index is 0.112. The minimum atomic E-state index is -0.599. The highest BCUT2D eigenvalue weighted by Crippen LogP contribution is 2.23. The van der Waals surface area contributed by atoms with Gasteiger partial charge in [0, 0.05) is 39.1 Å². The van der Waals surface area contributed by atoms with Crippen LogP contribution in [0.2, 0.25) is 0 Å². The molecule has 1 aliphatic heterocycles. The number of imide groups is 1. The van der Waals surface area contributed by atoms with E-state index in [1.54, 1.807) is 14.0 Å². The van der Waals surface area contributed by atoms with E-state index in [0.29, 0.717) is 45.6 Å². The topological polar surface area (TPSA) is 91.0 Å². The summed E-state index contributed by atoms with van der Waals surface area (Å²) in [5, 5.41) is 5.06. The maximum atomic E-state index is 13.1. The lowest BCUT2D eigenvalue weighted by atomic mass is 10.0. The first-order chi connectivity index (χ1) is 16.5. The van der Waals surface area contributed by atoms with Crippen LogP contribution in [0.25, 0.3) is 0 Å². The van der Waals surface area contributed by atoms with E-state index < -0.39 is 12.1 Å². The van der Waals surface area contributed by atoms with Crippen molar-refractivity contribution in [2.75, 3.05) is 39.8 Å². The first-order valence-corrected chi connectivity index (χ1v) is 11.8. The van der Waals surface area contributed by atoms with Gasteiger partial charge in [-0.1, -0.05) is 42.5 Å². The monoisotopic (exact) mass is 466 g/mol. The number of nitrogens with one attached hydrogen (secondary N) is 2. The van der Waals surface area contributed by atoms with Crippen molar-refractivity contribution < 1.29 is 19.1 Å². The Labute approximate surface area is 201 Å². The van der Waals surface area contributed by atoms with Crippen LogP contribution in [0.5, 0.6) is 5.75 Å². The number of carbonyl (C=O) groups is 3. The normalized spacial score (nSPS) is 15.2. The van der Waals surface area contributed by atoms with Crippen LogP contribution in [0.3, 0.4) is 0 Å². The largest absolute Gasteiger partial charge is 0.497 e. The van der Waals surface area contributed by atoms with E-state index in [1.807, 2.05) is 59.5 Å². The second-order valence-corrected chi connectivity index (χ2v) is 8.28. The lowest BCUT2D eigenvalue weighted by Crippen LogP contribution is -2.47. The van der Waals surface area contributed by atoms with Gasteiger partial charge in [-0.3, -0.25) is 19.8 Å². The number of benzene rings is 2. The highest BCUT2D eigenvalue weighted by molar-refractivity contribution is 5.97. The van der Waals surface area contributed by atoms with Crippen molar-refractivity contribution in [2.45, 2.75) is 32.2 Å². The molecule has 1 saturated heterocycles. The molecule has 34 heavy (non-hydrogen) atoms. The molecule has 2 N–H and O–H groups in total. The highest BCUT2D eigenvalue weighted by Gasteiger charge is 2.31. The molecular formula is C26H34N4O4. The van der Waals surface area contributed by atoms with Crippen LogP contribution in [0.1, 0.15) is 36.9 Å². The smallest absolute Gasteiger partial charge is 0.321 e. The number of urea groups is 1. The fourth-order valence-electron chi connectivity index (χ4n) is 4.19. The molecule has 0 radical (unpaired) electrons. The third-order valence-corrected chi connectivity index (χ3v) is 5.97. The van der Waals surface area contributed by atoms with Gasteiger partial charge in [-0.05, 0) is 43.0 Å². The van der Waals surface area contributed by atoms with E-state index in [0.717, 1.165) is 23.3 Å². The predicted octanol–water partition coefficient (Wildman–Crippen LogP) is 2.75. The van der Waals surface area contributed by atoms with E-state index in [-0.39, 0.29) is 11.8 Å². The molecule has 8 heteroatoms. The van der Waals surface area contributed by atoms with Crippen molar-refractivity contribution in [3.63, 3.8) is 0 Å². The lowest BCUT2D eigenvalue weighted by molar-refractivity contribution is -0.131. The molecule has 1 unspecified atom stereocenters. The molecule has 0 aromatic heterocycles. The van der Waals surface area contributed by atoms with Crippen molar-refractivity contribution in [3.05, 3.63) is 65.7 Å². The van der Waals surface area contributed by atoms with E-state index in [1.165, 1.54) is 0 Å². The van der Waals surface area contributed by atoms with Crippen molar-refractivity contribution in [1.82, 2.24) is 20.4 Å². The number of nitrogens with zero attached hydrogens (tertiary/aromatic N) is 2. The maximum absolute atomic E-state index is 13.1. The first kappa shape index (κ1) is 25.2. The molecule has 182 valence electrons. The number of ether oxygens (including phenoxy) is 1. The molecule has 8 nitrogen and oxygen atoms in total. The number of methoxy groups -OCH3 is 1. The van der Waals surface area contributed by atoms with Gasteiger partial charge in [-0.2, -0.15) is 0 Å². The number of amides is 4. The standard InChI is InChI=1S/C26H34N4O4/c1-3-27-26(33)28-25(32)24(21-8-5-4-6-9-21)30-17-7-16-29(18-19-30)23(31)15-12-20-10-13-22(34-2)14-11-20/h4-6,8-11,13-14,24H,3,7,12,15-19H2,1-2H3,(H2,27,28,32,33). The van der Waals surface area contributed by atoms with Gasteiger partial charge in [-0.25, -0.2) is 4.79 Å². The molecule has 0 aliphatic carbocycles. The summed E-state index contributed by atoms with van der Waals surface area (Å²) in [6.45, 7) is 4.64. The highest BCUT2D eigenvalue weighted by atomic mass is 16.5. The number of carbonyl (C=O) groups excluding carboxylic acids is 3. The Balaban J connectivity index is 1.62. The Morgan fingerprint density at radius 3 is 2.38 bits per heavy atom. The summed E-state index contributed by atoms with van der Waals surface area (Å²) in [6.07, 6.45) is 1.86. The molecule has 1 heterocycles. The van der Waals surface area contributed by atoms with E-state index in [9.17, 15) is 14.4 Å². The molecule has 1 aliphatic rings. The summed E-state index contributed by atoms with van der Waals surface area (Å²) >= 11 is 0. The van der Waals surface area contributed by atoms with E-state index in [2.05, 4.69) is 15.5 Å². The summed E-state index contributed by atoms with van der Waals surface area (Å²) in [7, 11) is 1.63. The Hall–Kier alpha value is -3.39. The fraction of sp³-hybridized carbons (Fsp3) is 0.423. The third kappa shape index (κ3) is 7.05. The van der Waals surface area contributed by atoms with Gasteiger partial charge in [0.1, 0.15) is 11.8 Å². The zero-order valence-electron chi connectivity index (χ0n) is 20.0. The average Bonchev–Trinajstić information content (AvgIpc) is 3.10. The molecule has 1 fully saturated rings. The Morgan fingerprint density at radius 1 is 0.971 bits per heavy atom. The summed E-state index contributed by atoms with van der Waals surface area (Å²) in [5.41, 5.74) is 1.92. The van der Waals surface area contributed by atoms with Gasteiger partial charge < -0.3 is 15.0 Å². The van der Waals surface area contributed by atoms with Gasteiger partial charge in [0.15, 0.2) is 0 Å². The molecule has 2 aromatic carbocycles. The summed E-state index contributed by atoms with van der Waals surface area (Å²) in [5.74, 6) is 0.545. The molecule has 2 aromatic rings. The maximum Gasteiger partial charge on any atom is 0.321 e. The van der Waals surface area contributed by atoms with Crippen LogP contribution in [-0.4, -0.2) is 67.5 Å². The SMILES string of the molecule is CCNC(=O)NC(=O)C(c1ccccc1)N1CCCN(C(=O)CCc2ccc(OC)cc2)CC1. The molecule has 4 amide bonds. The van der Waals surface area contributed by atoms with Gasteiger partial charge in [0.25, 0.3) is 0 Å². The zero-order chi connectivity index (χ0) is 24.3. The molecule has 0 saturated carbocycles. The lowest BCUT2D eigenvalue weighted by Gasteiger charge is -2.30. The summed E-state index contributed by atoms with van der Waals surface area (Å²) in [4.78, 5) is 41.9. The molecule has 0 spiro atoms. The fourth-order valence-corrected chi connectivity index (χ4v) is 4.19. The molecule has 1 atom stereocenters. The summed E-state index contributed by atoms with van der Waals surface area (Å²) < 4.78 is 5.18. The Kier molecular flexibility index (Phi) is 9.46. The van der Waals surface area contributed by atoms with Gasteiger partial charge >= 0.3 is 6.03 Å². The average molecular weight is 467 g/mol. The van der Waals surface area contributed by atoms with Crippen LogP contribution >= 0.6 is 0 Å². The van der Waals surface area contributed by atoms with Crippen LogP contribution in [0, 0.1) is 0 Å². The van der Waals surface area contributed by atoms with Gasteiger partial charge in [0.2, 0.25) is 11.8 Å². The quantitative estimate of drug-likeness (QED) is 0.624. The van der Waals surface area contributed by atoms with Crippen molar-refractivity contribution >= 4 is 17.8 Å². The van der Waals surface area contributed by atoms with Crippen molar-refractivity contribution in [3.8, 4) is 5.75 Å². The third-order valence-electron chi connectivity index (χ3n) is 5.97. The molecular weight excluding hydrogens is 432 g/mol. The predicted molar refractivity (Wildman–Crippen MR) is 130 cm³/mol. The van der Waals surface area contributed by atoms with E-state index in [4.69, 9.17) is 4.74 Å². The zero-order valence-corrected chi connectivity index (χ0v) is 20.0. The minimum Gasteiger partial charge on any atom is -0.497 e. The Morgan fingerprint density at radius 2 is 1.71 bits per heavy atom. The molecule has 0 bridgehead atoms. The van der Waals surface area contributed by atoms with Crippen LogP contribution in [-0.2, 0) is 16.0 Å². The Bertz CT molecular complexity index is 949. The van der Waals surface area contributed by atoms with Crippen molar-refractivity contribution in [2.24, 2.45) is 0 Å². The van der Waals surface area contributed by atoms with Crippen molar-refractivity contribution in [1.29, 1.82) is 0 Å². The second kappa shape index (κ2) is 12.7. The molecule has 3 rings (SSSR count). The number of aryl methyl sites for hydroxylation is 1. The first-order valence-electron chi connectivity index (χ1n) is 11.8. The van der Waals surface area contributed by atoms with E-state index >= 15 is 0 Å². The second-order valence-electron chi connectivity index (χ2n) is 8.28. The van der Waals surface area contributed by atoms with Gasteiger partial charge in [0.05, 0.1) is 7.11 Å². The van der Waals surface area contributed by atoms with Crippen LogP contribution < -0.4 is 15.4 Å². The number of rotatable bonds is 8.